The summed E-state index contributed by atoms with van der Waals surface area (Å²) in [6.45, 7) is -0.461. The Bertz CT molecular complexity index is 331. The molecule has 66 valence electrons. The fraction of sp³-hybridized carbons (Fsp3) is 0.286. The predicted molar refractivity (Wildman–Crippen MR) is 40.5 cm³/mol. The monoisotopic (exact) mass is 171 g/mol. The minimum absolute atomic E-state index is 0.00782. The van der Waals surface area contributed by atoms with Crippen molar-refractivity contribution in [3.63, 3.8) is 0 Å². The van der Waals surface area contributed by atoms with E-state index in [0.29, 0.717) is 0 Å². The van der Waals surface area contributed by atoms with E-state index < -0.39 is 11.2 Å². The Morgan fingerprint density at radius 2 is 2.25 bits per heavy atom. The zero-order valence-corrected chi connectivity index (χ0v) is 6.28. The second-order valence-electron chi connectivity index (χ2n) is 2.21. The smallest absolute Gasteiger partial charge is 0.227 e. The van der Waals surface area contributed by atoms with E-state index in [-0.39, 0.29) is 24.7 Å². The zero-order chi connectivity index (χ0) is 9.14. The first-order valence-electron chi connectivity index (χ1n) is 3.34. The van der Waals surface area contributed by atoms with Gasteiger partial charge in [-0.3, -0.25) is 4.79 Å². The Kier molecular flexibility index (Phi) is 2.47. The number of nitrogens with two attached hydrogens (primary N) is 1. The van der Waals surface area contributed by atoms with Gasteiger partial charge in [0.1, 0.15) is 12.4 Å². The average molecular weight is 171 g/mol. The van der Waals surface area contributed by atoms with E-state index >= 15 is 0 Å². The molecular formula is C7H9NO4. The van der Waals surface area contributed by atoms with E-state index in [1.54, 1.807) is 0 Å². The fourth-order valence-corrected chi connectivity index (χ4v) is 0.804. The highest BCUT2D eigenvalue weighted by Gasteiger charge is 2.08. The standard InChI is InChI=1S/C7H9NO4/c8-2-6-7(11)5(10)1-4(3-9)12-6/h1,9,11H,2-3,8H2. The molecule has 0 aliphatic carbocycles. The molecule has 5 nitrogen and oxygen atoms in total. The van der Waals surface area contributed by atoms with Crippen LogP contribution in [0.5, 0.6) is 5.75 Å². The maximum atomic E-state index is 10.9. The van der Waals surface area contributed by atoms with Crippen molar-refractivity contribution in [3.8, 4) is 5.75 Å². The molecule has 0 fully saturated rings. The Labute approximate surface area is 68.1 Å². The topological polar surface area (TPSA) is 96.7 Å². The lowest BCUT2D eigenvalue weighted by Gasteiger charge is -2.01. The van der Waals surface area contributed by atoms with E-state index in [0.717, 1.165) is 6.07 Å². The van der Waals surface area contributed by atoms with Gasteiger partial charge in [-0.05, 0) is 0 Å². The van der Waals surface area contributed by atoms with Gasteiger partial charge in [-0.2, -0.15) is 0 Å². The van der Waals surface area contributed by atoms with Crippen molar-refractivity contribution in [1.29, 1.82) is 0 Å². The highest BCUT2D eigenvalue weighted by Crippen LogP contribution is 2.12. The average Bonchev–Trinajstić information content (AvgIpc) is 2.09. The summed E-state index contributed by atoms with van der Waals surface area (Å²) < 4.78 is 4.86. The lowest BCUT2D eigenvalue weighted by Crippen LogP contribution is -2.07. The summed E-state index contributed by atoms with van der Waals surface area (Å²) in [6, 6.07) is 1.02. The molecule has 0 aromatic carbocycles. The first-order chi connectivity index (χ1) is 5.69. The van der Waals surface area contributed by atoms with E-state index in [9.17, 15) is 4.79 Å². The molecular weight excluding hydrogens is 162 g/mol. The minimum atomic E-state index is -0.592. The van der Waals surface area contributed by atoms with Crippen molar-refractivity contribution in [2.45, 2.75) is 13.2 Å². The van der Waals surface area contributed by atoms with Crippen LogP contribution in [-0.4, -0.2) is 10.2 Å². The van der Waals surface area contributed by atoms with Gasteiger partial charge in [-0.15, -0.1) is 0 Å². The summed E-state index contributed by atoms with van der Waals surface area (Å²) in [4.78, 5) is 10.9. The van der Waals surface area contributed by atoms with Crippen molar-refractivity contribution in [2.75, 3.05) is 0 Å². The highest BCUT2D eigenvalue weighted by molar-refractivity contribution is 5.24. The van der Waals surface area contributed by atoms with Gasteiger partial charge in [0.05, 0.1) is 6.54 Å². The van der Waals surface area contributed by atoms with Crippen molar-refractivity contribution in [2.24, 2.45) is 5.73 Å². The molecule has 0 saturated heterocycles. The molecule has 0 atom stereocenters. The third-order valence-corrected chi connectivity index (χ3v) is 1.39. The van der Waals surface area contributed by atoms with Crippen molar-refractivity contribution in [3.05, 3.63) is 27.8 Å². The van der Waals surface area contributed by atoms with Gasteiger partial charge in [0.2, 0.25) is 11.2 Å². The molecule has 12 heavy (non-hydrogen) atoms. The molecule has 0 amide bonds. The normalized spacial score (nSPS) is 10.2. The van der Waals surface area contributed by atoms with Crippen LogP contribution in [0.4, 0.5) is 0 Å². The van der Waals surface area contributed by atoms with Gasteiger partial charge in [0.25, 0.3) is 0 Å². The number of aliphatic hydroxyl groups is 1. The predicted octanol–water partition coefficient (Wildman–Crippen LogP) is -0.704. The van der Waals surface area contributed by atoms with E-state index in [1.165, 1.54) is 0 Å². The van der Waals surface area contributed by atoms with Gasteiger partial charge in [0.15, 0.2) is 5.76 Å². The van der Waals surface area contributed by atoms with Crippen molar-refractivity contribution in [1.82, 2.24) is 0 Å². The molecule has 1 rings (SSSR count). The molecule has 0 bridgehead atoms. The molecule has 0 unspecified atom stereocenters. The van der Waals surface area contributed by atoms with Crippen LogP contribution in [-0.2, 0) is 13.2 Å². The molecule has 1 aromatic rings. The lowest BCUT2D eigenvalue weighted by atomic mass is 10.3. The summed E-state index contributed by atoms with van der Waals surface area (Å²) in [5.41, 5.74) is 4.58. The summed E-state index contributed by atoms with van der Waals surface area (Å²) in [5, 5.41) is 17.7. The van der Waals surface area contributed by atoms with Crippen LogP contribution < -0.4 is 11.2 Å². The Morgan fingerprint density at radius 1 is 1.58 bits per heavy atom. The van der Waals surface area contributed by atoms with Crippen LogP contribution in [0.2, 0.25) is 0 Å². The molecule has 4 N–H and O–H groups in total. The largest absolute Gasteiger partial charge is 0.502 e. The second kappa shape index (κ2) is 3.38. The first kappa shape index (κ1) is 8.76. The quantitative estimate of drug-likeness (QED) is 0.546. The summed E-state index contributed by atoms with van der Waals surface area (Å²) in [7, 11) is 0. The number of rotatable bonds is 2. The van der Waals surface area contributed by atoms with Gasteiger partial charge in [0, 0.05) is 6.07 Å². The van der Waals surface area contributed by atoms with Crippen LogP contribution in [0.1, 0.15) is 11.5 Å². The van der Waals surface area contributed by atoms with Gasteiger partial charge >= 0.3 is 0 Å². The molecule has 0 saturated carbocycles. The van der Waals surface area contributed by atoms with Crippen molar-refractivity contribution >= 4 is 0 Å². The molecule has 0 spiro atoms. The number of hydrogen-bond donors (Lipinski definition) is 3. The molecule has 1 aromatic heterocycles. The highest BCUT2D eigenvalue weighted by atomic mass is 16.4. The van der Waals surface area contributed by atoms with Crippen LogP contribution in [0.25, 0.3) is 0 Å². The van der Waals surface area contributed by atoms with E-state index in [2.05, 4.69) is 0 Å². The van der Waals surface area contributed by atoms with Gasteiger partial charge < -0.3 is 20.4 Å². The van der Waals surface area contributed by atoms with Gasteiger partial charge in [-0.25, -0.2) is 0 Å². The maximum Gasteiger partial charge on any atom is 0.227 e. The zero-order valence-electron chi connectivity index (χ0n) is 6.28. The third kappa shape index (κ3) is 1.46. The van der Waals surface area contributed by atoms with Crippen LogP contribution >= 0.6 is 0 Å². The Morgan fingerprint density at radius 3 is 2.75 bits per heavy atom. The summed E-state index contributed by atoms with van der Waals surface area (Å²) in [6.07, 6.45) is 0. The second-order valence-corrected chi connectivity index (χ2v) is 2.21. The SMILES string of the molecule is NCc1oc(CO)cc(=O)c1O. The van der Waals surface area contributed by atoms with E-state index in [4.69, 9.17) is 20.4 Å². The van der Waals surface area contributed by atoms with Crippen molar-refractivity contribution < 1.29 is 14.6 Å². The number of aliphatic hydroxyl groups excluding tert-OH is 1. The lowest BCUT2D eigenvalue weighted by molar-refractivity contribution is 0.235. The first-order valence-corrected chi connectivity index (χ1v) is 3.34. The van der Waals surface area contributed by atoms with Crippen LogP contribution in [0.15, 0.2) is 15.3 Å². The molecule has 5 heteroatoms. The molecule has 0 aliphatic rings. The number of hydrogen-bond acceptors (Lipinski definition) is 5. The summed E-state index contributed by atoms with van der Waals surface area (Å²) in [5.74, 6) is -0.403. The van der Waals surface area contributed by atoms with Gasteiger partial charge in [-0.1, -0.05) is 0 Å². The Hall–Kier alpha value is -1.33. The maximum absolute atomic E-state index is 10.9. The molecule has 1 heterocycles. The summed E-state index contributed by atoms with van der Waals surface area (Å²) >= 11 is 0. The third-order valence-electron chi connectivity index (χ3n) is 1.39. The Balaban J connectivity index is 3.29. The fourth-order valence-electron chi connectivity index (χ4n) is 0.804. The number of aromatic hydroxyl groups is 1. The van der Waals surface area contributed by atoms with Crippen LogP contribution in [0.3, 0.4) is 0 Å². The molecule has 0 aliphatic heterocycles. The minimum Gasteiger partial charge on any atom is -0.502 e. The molecule has 0 radical (unpaired) electrons. The van der Waals surface area contributed by atoms with E-state index in [1.807, 2.05) is 0 Å². The van der Waals surface area contributed by atoms with Crippen LogP contribution in [0, 0.1) is 0 Å².